The van der Waals surface area contributed by atoms with Gasteiger partial charge in [0.2, 0.25) is 6.20 Å². The lowest BCUT2D eigenvalue weighted by Crippen LogP contribution is -2.09. The average molecular weight is 249 g/mol. The second-order valence-corrected chi connectivity index (χ2v) is 3.92. The van der Waals surface area contributed by atoms with Crippen molar-refractivity contribution in [1.82, 2.24) is 0 Å². The number of rotatable bonds is 4. The van der Waals surface area contributed by atoms with Gasteiger partial charge < -0.3 is 4.74 Å². The summed E-state index contributed by atoms with van der Waals surface area (Å²) in [7, 11) is 0. The monoisotopic (exact) mass is 249 g/mol. The van der Waals surface area contributed by atoms with Crippen LogP contribution in [-0.2, 0) is 9.53 Å². The molecule has 0 aromatic heterocycles. The summed E-state index contributed by atoms with van der Waals surface area (Å²) in [5, 5.41) is 10.6. The smallest absolute Gasteiger partial charge is 0.345 e. The van der Waals surface area contributed by atoms with Crippen LogP contribution in [0.1, 0.15) is 23.6 Å². The molecule has 1 aromatic carbocycles. The Morgan fingerprint density at radius 1 is 1.33 bits per heavy atom. The van der Waals surface area contributed by atoms with E-state index in [-0.39, 0.29) is 12.2 Å². The van der Waals surface area contributed by atoms with Gasteiger partial charge in [0.05, 0.1) is 11.5 Å². The maximum atomic E-state index is 11.7. The van der Waals surface area contributed by atoms with Crippen LogP contribution in [0.25, 0.3) is 5.57 Å². The van der Waals surface area contributed by atoms with E-state index in [9.17, 15) is 14.9 Å². The molecule has 0 saturated carbocycles. The Labute approximate surface area is 105 Å². The summed E-state index contributed by atoms with van der Waals surface area (Å²) in [5.41, 5.74) is 2.34. The molecule has 5 nitrogen and oxygen atoms in total. The van der Waals surface area contributed by atoms with E-state index < -0.39 is 10.9 Å². The highest BCUT2D eigenvalue weighted by Gasteiger charge is 2.18. The molecule has 0 aliphatic rings. The van der Waals surface area contributed by atoms with Crippen LogP contribution in [0, 0.1) is 24.0 Å². The highest BCUT2D eigenvalue weighted by molar-refractivity contribution is 6.16. The molecule has 18 heavy (non-hydrogen) atoms. The first-order valence-corrected chi connectivity index (χ1v) is 5.55. The molecule has 0 aliphatic carbocycles. The molecule has 0 fully saturated rings. The van der Waals surface area contributed by atoms with Crippen molar-refractivity contribution in [3.05, 3.63) is 51.2 Å². The number of aryl methyl sites for hydroxylation is 2. The predicted molar refractivity (Wildman–Crippen MR) is 67.5 cm³/mol. The second kappa shape index (κ2) is 5.95. The number of benzene rings is 1. The first-order chi connectivity index (χ1) is 8.43. The summed E-state index contributed by atoms with van der Waals surface area (Å²) in [4.78, 5) is 21.6. The van der Waals surface area contributed by atoms with Gasteiger partial charge in [0.1, 0.15) is 5.57 Å². The molecule has 0 saturated heterocycles. The molecule has 0 heterocycles. The summed E-state index contributed by atoms with van der Waals surface area (Å²) in [6.07, 6.45) is 0.687. The van der Waals surface area contributed by atoms with Crippen LogP contribution in [-0.4, -0.2) is 17.5 Å². The van der Waals surface area contributed by atoms with Gasteiger partial charge >= 0.3 is 5.97 Å². The Morgan fingerprint density at radius 2 is 1.89 bits per heavy atom. The Hall–Kier alpha value is -2.17. The highest BCUT2D eigenvalue weighted by atomic mass is 16.6. The molecule has 0 spiro atoms. The van der Waals surface area contributed by atoms with Gasteiger partial charge in [0.25, 0.3) is 0 Å². The fourth-order valence-electron chi connectivity index (χ4n) is 1.69. The first-order valence-electron chi connectivity index (χ1n) is 5.55. The highest BCUT2D eigenvalue weighted by Crippen LogP contribution is 2.19. The molecule has 0 amide bonds. The molecular formula is C13H15NO4. The SMILES string of the molecule is CCOC(=O)/C(=C\[N+](=O)[O-])c1cc(C)cc(C)c1. The van der Waals surface area contributed by atoms with Crippen LogP contribution >= 0.6 is 0 Å². The lowest BCUT2D eigenvalue weighted by atomic mass is 10.0. The Bertz CT molecular complexity index is 485. The number of esters is 1. The fraction of sp³-hybridized carbons (Fsp3) is 0.308. The van der Waals surface area contributed by atoms with E-state index >= 15 is 0 Å². The van der Waals surface area contributed by atoms with E-state index in [1.54, 1.807) is 19.1 Å². The van der Waals surface area contributed by atoms with E-state index in [0.29, 0.717) is 11.8 Å². The fourth-order valence-corrected chi connectivity index (χ4v) is 1.69. The van der Waals surface area contributed by atoms with Crippen molar-refractivity contribution in [2.24, 2.45) is 0 Å². The molecule has 0 atom stereocenters. The van der Waals surface area contributed by atoms with Gasteiger partial charge in [0, 0.05) is 0 Å². The largest absolute Gasteiger partial charge is 0.462 e. The maximum absolute atomic E-state index is 11.7. The second-order valence-electron chi connectivity index (χ2n) is 3.92. The van der Waals surface area contributed by atoms with Gasteiger partial charge in [-0.15, -0.1) is 0 Å². The van der Waals surface area contributed by atoms with E-state index in [0.717, 1.165) is 11.1 Å². The zero-order valence-corrected chi connectivity index (χ0v) is 10.6. The summed E-state index contributed by atoms with van der Waals surface area (Å²) in [6.45, 7) is 5.57. The third kappa shape index (κ3) is 3.69. The van der Waals surface area contributed by atoms with Gasteiger partial charge in [-0.25, -0.2) is 4.79 Å². The molecule has 1 aromatic rings. The summed E-state index contributed by atoms with van der Waals surface area (Å²) < 4.78 is 4.83. The number of hydrogen-bond acceptors (Lipinski definition) is 4. The predicted octanol–water partition coefficient (Wildman–Crippen LogP) is 2.48. The number of nitro groups is 1. The number of ether oxygens (including phenoxy) is 1. The lowest BCUT2D eigenvalue weighted by molar-refractivity contribution is -0.401. The van der Waals surface area contributed by atoms with Crippen molar-refractivity contribution in [3.63, 3.8) is 0 Å². The zero-order chi connectivity index (χ0) is 13.7. The van der Waals surface area contributed by atoms with Crippen LogP contribution in [0.3, 0.4) is 0 Å². The van der Waals surface area contributed by atoms with E-state index in [1.165, 1.54) is 0 Å². The van der Waals surface area contributed by atoms with Crippen LogP contribution in [0.15, 0.2) is 24.4 Å². The molecule has 0 unspecified atom stereocenters. The van der Waals surface area contributed by atoms with Crippen LogP contribution in [0.2, 0.25) is 0 Å². The molecule has 0 N–H and O–H groups in total. The standard InChI is InChI=1S/C13H15NO4/c1-4-18-13(15)12(8-14(16)17)11-6-9(2)5-10(3)7-11/h5-8H,4H2,1-3H3/b12-8-. The van der Waals surface area contributed by atoms with Crippen molar-refractivity contribution < 1.29 is 14.5 Å². The summed E-state index contributed by atoms with van der Waals surface area (Å²) in [6, 6.07) is 5.37. The number of carbonyl (C=O) groups excluding carboxylic acids is 1. The Kier molecular flexibility index (Phi) is 4.59. The van der Waals surface area contributed by atoms with Crippen molar-refractivity contribution in [3.8, 4) is 0 Å². The summed E-state index contributed by atoms with van der Waals surface area (Å²) >= 11 is 0. The molecule has 0 bridgehead atoms. The van der Waals surface area contributed by atoms with Gasteiger partial charge in [-0.2, -0.15) is 0 Å². The molecule has 0 aliphatic heterocycles. The van der Waals surface area contributed by atoms with Crippen molar-refractivity contribution >= 4 is 11.5 Å². The Balaban J connectivity index is 3.26. The van der Waals surface area contributed by atoms with E-state index in [1.807, 2.05) is 19.9 Å². The van der Waals surface area contributed by atoms with Gasteiger partial charge in [-0.3, -0.25) is 10.1 Å². The molecule has 96 valence electrons. The molecule has 0 radical (unpaired) electrons. The normalized spacial score (nSPS) is 11.2. The number of carbonyl (C=O) groups is 1. The van der Waals surface area contributed by atoms with Crippen LogP contribution < -0.4 is 0 Å². The minimum Gasteiger partial charge on any atom is -0.462 e. The summed E-state index contributed by atoms with van der Waals surface area (Å²) in [5.74, 6) is -0.681. The minimum absolute atomic E-state index is 0.0337. The molecular weight excluding hydrogens is 234 g/mol. The minimum atomic E-state index is -0.681. The van der Waals surface area contributed by atoms with Gasteiger partial charge in [-0.05, 0) is 26.3 Å². The third-order valence-electron chi connectivity index (χ3n) is 2.26. The first kappa shape index (κ1) is 13.9. The maximum Gasteiger partial charge on any atom is 0.345 e. The third-order valence-corrected chi connectivity index (χ3v) is 2.26. The quantitative estimate of drug-likeness (QED) is 0.356. The van der Waals surface area contributed by atoms with Crippen LogP contribution in [0.4, 0.5) is 0 Å². The molecule has 5 heteroatoms. The average Bonchev–Trinajstić information content (AvgIpc) is 2.24. The van der Waals surface area contributed by atoms with Crippen LogP contribution in [0.5, 0.6) is 0 Å². The van der Waals surface area contributed by atoms with Crippen molar-refractivity contribution in [2.75, 3.05) is 6.61 Å². The Morgan fingerprint density at radius 3 is 2.33 bits per heavy atom. The van der Waals surface area contributed by atoms with Crippen molar-refractivity contribution in [2.45, 2.75) is 20.8 Å². The zero-order valence-electron chi connectivity index (χ0n) is 10.6. The van der Waals surface area contributed by atoms with E-state index in [4.69, 9.17) is 4.74 Å². The van der Waals surface area contributed by atoms with Crippen molar-refractivity contribution in [1.29, 1.82) is 0 Å². The number of nitrogens with zero attached hydrogens (tertiary/aromatic N) is 1. The topological polar surface area (TPSA) is 69.4 Å². The van der Waals surface area contributed by atoms with Gasteiger partial charge in [-0.1, -0.05) is 29.3 Å². The molecule has 1 rings (SSSR count). The van der Waals surface area contributed by atoms with E-state index in [2.05, 4.69) is 0 Å². The number of hydrogen-bond donors (Lipinski definition) is 0. The lowest BCUT2D eigenvalue weighted by Gasteiger charge is -2.07. The van der Waals surface area contributed by atoms with Gasteiger partial charge in [0.15, 0.2) is 0 Å².